The third kappa shape index (κ3) is 5.84. The number of rotatable bonds is 11. The molecule has 1 heteroatoms. The first-order valence-corrected chi connectivity index (χ1v) is 26.4. The lowest BCUT2D eigenvalue weighted by Gasteiger charge is -2.59. The summed E-state index contributed by atoms with van der Waals surface area (Å²) in [6.07, 6.45) is 32.2. The quantitative estimate of drug-likeness (QED) is 0.222. The lowest BCUT2D eigenvalue weighted by atomic mass is 9.46. The fraction of sp³-hybridized carbons (Fsp3) is 1.00. The molecule has 0 aliphatic heterocycles. The second-order valence-electron chi connectivity index (χ2n) is 25.5. The summed E-state index contributed by atoms with van der Waals surface area (Å²) in [6.45, 7) is 31.9. The Balaban J connectivity index is 1.29. The molecule has 8 aliphatic carbocycles. The van der Waals surface area contributed by atoms with Gasteiger partial charge in [0, 0.05) is 5.54 Å². The lowest BCUT2D eigenvalue weighted by molar-refractivity contribution is -0.104. The standard InChI is InChI=1S/C55H97N/c1-13-41-47-45(29-28-44-48(47)43-30-37-23-18-19-24-38(37)31-46(43)50(44,8)9)53(12)54(55(53,56)49(41)42-25-21-20-22-36(42)27-26-35(6)7)33-39(51(10,14-2)15-3)32-40(34-54)52(11,16-4)17-5/h35-49H,13-34,56H2,1-12H3. The number of hydrogen-bond donors (Lipinski definition) is 1. The van der Waals surface area contributed by atoms with Gasteiger partial charge in [-0.1, -0.05) is 167 Å². The molecule has 8 aliphatic rings. The van der Waals surface area contributed by atoms with E-state index < -0.39 is 0 Å². The van der Waals surface area contributed by atoms with E-state index >= 15 is 0 Å². The highest BCUT2D eigenvalue weighted by molar-refractivity contribution is 5.42. The highest BCUT2D eigenvalue weighted by Gasteiger charge is 2.91. The third-order valence-electron chi connectivity index (χ3n) is 24.1. The molecule has 56 heavy (non-hydrogen) atoms. The van der Waals surface area contributed by atoms with Crippen molar-refractivity contribution in [1.82, 2.24) is 0 Å². The zero-order chi connectivity index (χ0) is 40.2. The van der Waals surface area contributed by atoms with Gasteiger partial charge in [0.15, 0.2) is 0 Å². The maximum atomic E-state index is 8.95. The fourth-order valence-corrected chi connectivity index (χ4v) is 20.0. The first-order valence-electron chi connectivity index (χ1n) is 26.4. The lowest BCUT2D eigenvalue weighted by Crippen LogP contribution is -2.60. The van der Waals surface area contributed by atoms with E-state index in [1.54, 1.807) is 25.7 Å². The van der Waals surface area contributed by atoms with Gasteiger partial charge in [0.25, 0.3) is 0 Å². The Morgan fingerprint density at radius 1 is 0.625 bits per heavy atom. The van der Waals surface area contributed by atoms with Crippen molar-refractivity contribution in [2.75, 3.05) is 0 Å². The van der Waals surface area contributed by atoms with E-state index in [-0.39, 0.29) is 11.0 Å². The SMILES string of the molecule is CCC1C2C3C4CC5CCCCC5CC4C(C)(C)C3CCC2C2(C)C3(CC(C(C)(CC)CC)CC(C(C)(CC)CC)C3)C2(N)C1C1CCCCC1CCC(C)C. The highest BCUT2D eigenvalue weighted by atomic mass is 15.1. The van der Waals surface area contributed by atoms with Crippen LogP contribution in [-0.2, 0) is 0 Å². The van der Waals surface area contributed by atoms with Crippen LogP contribution in [-0.4, -0.2) is 5.54 Å². The predicted octanol–water partition coefficient (Wildman–Crippen LogP) is 15.8. The molecular formula is C55H97N. The molecule has 0 aromatic carbocycles. The molecule has 322 valence electrons. The topological polar surface area (TPSA) is 26.0 Å². The van der Waals surface area contributed by atoms with Crippen molar-refractivity contribution >= 4 is 0 Å². The van der Waals surface area contributed by atoms with Gasteiger partial charge in [-0.25, -0.2) is 0 Å². The van der Waals surface area contributed by atoms with Gasteiger partial charge in [-0.3, -0.25) is 0 Å². The van der Waals surface area contributed by atoms with Gasteiger partial charge in [0.1, 0.15) is 0 Å². The number of fused-ring (bicyclic) bond motifs is 10. The average Bonchev–Trinajstić information content (AvgIpc) is 3.50. The van der Waals surface area contributed by atoms with Crippen LogP contribution in [0.25, 0.3) is 0 Å². The second-order valence-corrected chi connectivity index (χ2v) is 25.5. The van der Waals surface area contributed by atoms with Crippen molar-refractivity contribution in [1.29, 1.82) is 0 Å². The minimum absolute atomic E-state index is 0.00300. The maximum absolute atomic E-state index is 8.95. The van der Waals surface area contributed by atoms with Gasteiger partial charge < -0.3 is 5.73 Å². The molecule has 8 fully saturated rings. The summed E-state index contributed by atoms with van der Waals surface area (Å²) in [6, 6.07) is 0. The van der Waals surface area contributed by atoms with E-state index in [1.165, 1.54) is 116 Å². The molecule has 16 atom stereocenters. The van der Waals surface area contributed by atoms with Crippen molar-refractivity contribution in [3.63, 3.8) is 0 Å². The van der Waals surface area contributed by atoms with Crippen LogP contribution in [0.15, 0.2) is 0 Å². The summed E-state index contributed by atoms with van der Waals surface area (Å²) >= 11 is 0. The Labute approximate surface area is 350 Å². The zero-order valence-corrected chi connectivity index (χ0v) is 39.8. The van der Waals surface area contributed by atoms with Gasteiger partial charge in [-0.05, 0) is 174 Å². The van der Waals surface area contributed by atoms with Gasteiger partial charge in [-0.2, -0.15) is 0 Å². The van der Waals surface area contributed by atoms with Crippen LogP contribution >= 0.6 is 0 Å². The van der Waals surface area contributed by atoms with E-state index in [0.29, 0.717) is 21.7 Å². The van der Waals surface area contributed by atoms with E-state index in [0.717, 1.165) is 88.8 Å². The van der Waals surface area contributed by atoms with Crippen molar-refractivity contribution in [3.8, 4) is 0 Å². The molecule has 8 saturated carbocycles. The summed E-state index contributed by atoms with van der Waals surface area (Å²) in [5.74, 6) is 13.4. The van der Waals surface area contributed by atoms with Crippen LogP contribution < -0.4 is 5.73 Å². The van der Waals surface area contributed by atoms with Crippen LogP contribution in [0.2, 0.25) is 0 Å². The molecule has 0 heterocycles. The molecule has 0 radical (unpaired) electrons. The monoisotopic (exact) mass is 772 g/mol. The summed E-state index contributed by atoms with van der Waals surface area (Å²) in [4.78, 5) is 0. The Morgan fingerprint density at radius 3 is 1.75 bits per heavy atom. The van der Waals surface area contributed by atoms with Crippen LogP contribution in [0.1, 0.15) is 224 Å². The van der Waals surface area contributed by atoms with Gasteiger partial charge >= 0.3 is 0 Å². The van der Waals surface area contributed by atoms with Gasteiger partial charge in [0.2, 0.25) is 0 Å². The van der Waals surface area contributed by atoms with Crippen molar-refractivity contribution < 1.29 is 0 Å². The molecule has 8 rings (SSSR count). The molecule has 2 N–H and O–H groups in total. The molecule has 0 aromatic heterocycles. The minimum Gasteiger partial charge on any atom is -0.324 e. The molecule has 0 saturated heterocycles. The first kappa shape index (κ1) is 42.6. The second kappa shape index (κ2) is 15.1. The predicted molar refractivity (Wildman–Crippen MR) is 241 cm³/mol. The molecule has 16 unspecified atom stereocenters. The van der Waals surface area contributed by atoms with Crippen LogP contribution in [0.5, 0.6) is 0 Å². The fourth-order valence-electron chi connectivity index (χ4n) is 20.0. The molecule has 0 aromatic rings. The summed E-state index contributed by atoms with van der Waals surface area (Å²) in [7, 11) is 0. The van der Waals surface area contributed by atoms with E-state index in [9.17, 15) is 0 Å². The van der Waals surface area contributed by atoms with Crippen molar-refractivity contribution in [2.24, 2.45) is 122 Å². The largest absolute Gasteiger partial charge is 0.324 e. The smallest absolute Gasteiger partial charge is 0.0315 e. The normalized spacial score (nSPS) is 49.8. The number of hydrogen-bond acceptors (Lipinski definition) is 1. The molecule has 1 nitrogen and oxygen atoms in total. The Kier molecular flexibility index (Phi) is 11.5. The molecule has 0 amide bonds. The Hall–Kier alpha value is -0.0400. The summed E-state index contributed by atoms with van der Waals surface area (Å²) in [5.41, 5.74) is 10.9. The highest BCUT2D eigenvalue weighted by Crippen LogP contribution is 2.90. The van der Waals surface area contributed by atoms with Gasteiger partial charge in [-0.15, -0.1) is 0 Å². The van der Waals surface area contributed by atoms with Crippen molar-refractivity contribution in [3.05, 3.63) is 0 Å². The summed E-state index contributed by atoms with van der Waals surface area (Å²) < 4.78 is 0. The first-order chi connectivity index (χ1) is 26.6. The van der Waals surface area contributed by atoms with Crippen LogP contribution in [0.3, 0.4) is 0 Å². The van der Waals surface area contributed by atoms with E-state index in [1.807, 2.05) is 0 Å². The molecule has 1 spiro atoms. The van der Waals surface area contributed by atoms with Crippen LogP contribution in [0, 0.1) is 116 Å². The maximum Gasteiger partial charge on any atom is 0.0315 e. The van der Waals surface area contributed by atoms with Crippen molar-refractivity contribution in [2.45, 2.75) is 230 Å². The Morgan fingerprint density at radius 2 is 1.18 bits per heavy atom. The zero-order valence-electron chi connectivity index (χ0n) is 39.8. The van der Waals surface area contributed by atoms with E-state index in [4.69, 9.17) is 5.73 Å². The summed E-state index contributed by atoms with van der Waals surface area (Å²) in [5, 5.41) is 0. The van der Waals surface area contributed by atoms with Gasteiger partial charge in [0.05, 0.1) is 0 Å². The van der Waals surface area contributed by atoms with E-state index in [2.05, 4.69) is 83.1 Å². The average molecular weight is 772 g/mol. The molecular weight excluding hydrogens is 675 g/mol. The Bertz CT molecular complexity index is 1340. The number of nitrogens with two attached hydrogens (primary N) is 1. The molecule has 0 bridgehead atoms. The minimum atomic E-state index is 0.00300. The third-order valence-corrected chi connectivity index (χ3v) is 24.1. The van der Waals surface area contributed by atoms with Crippen LogP contribution in [0.4, 0.5) is 0 Å².